The van der Waals surface area contributed by atoms with Gasteiger partial charge in [0.05, 0.1) is 19.4 Å². The van der Waals surface area contributed by atoms with Gasteiger partial charge >= 0.3 is 0 Å². The van der Waals surface area contributed by atoms with E-state index >= 15 is 0 Å². The zero-order valence-corrected chi connectivity index (χ0v) is 12.1. The van der Waals surface area contributed by atoms with E-state index in [0.29, 0.717) is 0 Å². The third-order valence-electron chi connectivity index (χ3n) is 2.77. The van der Waals surface area contributed by atoms with E-state index in [9.17, 15) is 0 Å². The van der Waals surface area contributed by atoms with Crippen LogP contribution in [0.4, 0.5) is 0 Å². The van der Waals surface area contributed by atoms with Crippen molar-refractivity contribution < 1.29 is 4.42 Å². The van der Waals surface area contributed by atoms with Crippen molar-refractivity contribution >= 4 is 11.3 Å². The van der Waals surface area contributed by atoms with E-state index in [1.807, 2.05) is 19.1 Å². The highest BCUT2D eigenvalue weighted by Crippen LogP contribution is 2.22. The molecule has 2 heterocycles. The van der Waals surface area contributed by atoms with Crippen molar-refractivity contribution in [2.24, 2.45) is 0 Å². The van der Waals surface area contributed by atoms with E-state index in [1.165, 1.54) is 0 Å². The van der Waals surface area contributed by atoms with Crippen molar-refractivity contribution in [3.63, 3.8) is 0 Å². The van der Waals surface area contributed by atoms with Gasteiger partial charge in [0.15, 0.2) is 0 Å². The van der Waals surface area contributed by atoms with Gasteiger partial charge in [-0.1, -0.05) is 0 Å². The predicted molar refractivity (Wildman–Crippen MR) is 72.4 cm³/mol. The van der Waals surface area contributed by atoms with Gasteiger partial charge < -0.3 is 4.42 Å². The third-order valence-corrected chi connectivity index (χ3v) is 3.59. The van der Waals surface area contributed by atoms with Crippen LogP contribution in [0.1, 0.15) is 36.5 Å². The summed E-state index contributed by atoms with van der Waals surface area (Å²) in [5, 5.41) is 10.3. The summed E-state index contributed by atoms with van der Waals surface area (Å²) in [7, 11) is 0. The van der Waals surface area contributed by atoms with Gasteiger partial charge in [0.1, 0.15) is 15.8 Å². The van der Waals surface area contributed by atoms with E-state index in [0.717, 1.165) is 28.9 Å². The molecule has 0 fully saturated rings. The molecule has 0 bridgehead atoms. The molecule has 18 heavy (non-hydrogen) atoms. The second kappa shape index (κ2) is 5.20. The highest BCUT2D eigenvalue weighted by atomic mass is 32.1. The van der Waals surface area contributed by atoms with Crippen molar-refractivity contribution in [3.05, 3.63) is 34.2 Å². The van der Waals surface area contributed by atoms with Crippen LogP contribution in [0.25, 0.3) is 0 Å². The Hall–Kier alpha value is -1.20. The first-order valence-electron chi connectivity index (χ1n) is 6.01. The molecule has 0 saturated heterocycles. The van der Waals surface area contributed by atoms with E-state index in [2.05, 4.69) is 35.9 Å². The molecule has 4 nitrogen and oxygen atoms in total. The summed E-state index contributed by atoms with van der Waals surface area (Å²) in [6.07, 6.45) is 1.71. The molecule has 0 radical (unpaired) electrons. The minimum atomic E-state index is 0.0619. The molecule has 2 rings (SSSR count). The summed E-state index contributed by atoms with van der Waals surface area (Å²) in [5.74, 6) is 0.978. The second-order valence-corrected chi connectivity index (χ2v) is 6.59. The van der Waals surface area contributed by atoms with Crippen molar-refractivity contribution in [1.29, 1.82) is 0 Å². The van der Waals surface area contributed by atoms with Crippen LogP contribution in [0.15, 0.2) is 22.8 Å². The standard InChI is InChI=1S/C13H19N3OS/c1-10-14-15-12(18-10)9-16(13(2,3)4)8-11-6-5-7-17-11/h5-7H,8-9H2,1-4H3. The van der Waals surface area contributed by atoms with Gasteiger partial charge in [-0.25, -0.2) is 0 Å². The maximum atomic E-state index is 5.43. The smallest absolute Gasteiger partial charge is 0.131 e. The fourth-order valence-electron chi connectivity index (χ4n) is 1.69. The molecule has 0 aromatic carbocycles. The van der Waals surface area contributed by atoms with Crippen molar-refractivity contribution in [2.45, 2.75) is 46.3 Å². The Kier molecular flexibility index (Phi) is 3.82. The third kappa shape index (κ3) is 3.40. The molecule has 2 aromatic heterocycles. The molecule has 0 N–H and O–H groups in total. The van der Waals surface area contributed by atoms with Crippen LogP contribution in [-0.4, -0.2) is 20.6 Å². The number of hydrogen-bond donors (Lipinski definition) is 0. The Labute approximate surface area is 112 Å². The summed E-state index contributed by atoms with van der Waals surface area (Å²) < 4.78 is 5.43. The van der Waals surface area contributed by atoms with Crippen LogP contribution in [0.3, 0.4) is 0 Å². The summed E-state index contributed by atoms with van der Waals surface area (Å²) >= 11 is 1.65. The Morgan fingerprint density at radius 3 is 2.56 bits per heavy atom. The lowest BCUT2D eigenvalue weighted by Crippen LogP contribution is -2.40. The predicted octanol–water partition coefficient (Wildman–Crippen LogP) is 3.24. The Morgan fingerprint density at radius 1 is 1.28 bits per heavy atom. The highest BCUT2D eigenvalue weighted by molar-refractivity contribution is 7.11. The van der Waals surface area contributed by atoms with Gasteiger partial charge in [0.2, 0.25) is 0 Å². The molecule has 0 aliphatic carbocycles. The van der Waals surface area contributed by atoms with Crippen LogP contribution >= 0.6 is 11.3 Å². The number of nitrogens with zero attached hydrogens (tertiary/aromatic N) is 3. The quantitative estimate of drug-likeness (QED) is 0.851. The number of rotatable bonds is 4. The van der Waals surface area contributed by atoms with Gasteiger partial charge in [-0.2, -0.15) is 0 Å². The molecule has 98 valence electrons. The van der Waals surface area contributed by atoms with Gasteiger partial charge in [-0.15, -0.1) is 21.5 Å². The zero-order chi connectivity index (χ0) is 13.2. The fraction of sp³-hybridized carbons (Fsp3) is 0.538. The highest BCUT2D eigenvalue weighted by Gasteiger charge is 2.23. The van der Waals surface area contributed by atoms with Crippen molar-refractivity contribution in [1.82, 2.24) is 15.1 Å². The Morgan fingerprint density at radius 2 is 2.06 bits per heavy atom. The minimum absolute atomic E-state index is 0.0619. The van der Waals surface area contributed by atoms with Crippen molar-refractivity contribution in [3.8, 4) is 0 Å². The lowest BCUT2D eigenvalue weighted by Gasteiger charge is -2.34. The molecule has 5 heteroatoms. The maximum absolute atomic E-state index is 5.43. The Bertz CT molecular complexity index is 485. The molecule has 0 aliphatic heterocycles. The zero-order valence-electron chi connectivity index (χ0n) is 11.3. The first-order chi connectivity index (χ1) is 8.45. The van der Waals surface area contributed by atoms with Gasteiger partial charge in [0, 0.05) is 5.54 Å². The average molecular weight is 265 g/mol. The van der Waals surface area contributed by atoms with Crippen LogP contribution < -0.4 is 0 Å². The van der Waals surface area contributed by atoms with Crippen LogP contribution in [-0.2, 0) is 13.1 Å². The molecule has 0 spiro atoms. The molecule has 2 aromatic rings. The van der Waals surface area contributed by atoms with Crippen molar-refractivity contribution in [2.75, 3.05) is 0 Å². The summed E-state index contributed by atoms with van der Waals surface area (Å²) in [4.78, 5) is 2.34. The van der Waals surface area contributed by atoms with Crippen LogP contribution in [0.5, 0.6) is 0 Å². The molecular formula is C13H19N3OS. The van der Waals surface area contributed by atoms with Crippen LogP contribution in [0, 0.1) is 6.92 Å². The largest absolute Gasteiger partial charge is 0.468 e. The monoisotopic (exact) mass is 265 g/mol. The first kappa shape index (κ1) is 13.2. The Balaban J connectivity index is 2.11. The number of aromatic nitrogens is 2. The minimum Gasteiger partial charge on any atom is -0.468 e. The first-order valence-corrected chi connectivity index (χ1v) is 6.83. The van der Waals surface area contributed by atoms with E-state index in [4.69, 9.17) is 4.42 Å². The van der Waals surface area contributed by atoms with E-state index < -0.39 is 0 Å². The molecule has 0 aliphatic rings. The number of furan rings is 1. The van der Waals surface area contributed by atoms with E-state index in [-0.39, 0.29) is 5.54 Å². The SMILES string of the molecule is Cc1nnc(CN(Cc2ccco2)C(C)(C)C)s1. The maximum Gasteiger partial charge on any atom is 0.131 e. The number of aryl methyl sites for hydroxylation is 1. The van der Waals surface area contributed by atoms with Crippen LogP contribution in [0.2, 0.25) is 0 Å². The summed E-state index contributed by atoms with van der Waals surface area (Å²) in [5.41, 5.74) is 0.0619. The van der Waals surface area contributed by atoms with Gasteiger partial charge in [-0.3, -0.25) is 4.90 Å². The second-order valence-electron chi connectivity index (χ2n) is 5.32. The van der Waals surface area contributed by atoms with Gasteiger partial charge in [0.25, 0.3) is 0 Å². The molecule has 0 atom stereocenters. The van der Waals surface area contributed by atoms with Gasteiger partial charge in [-0.05, 0) is 39.8 Å². The normalized spacial score (nSPS) is 12.3. The molecule has 0 saturated carbocycles. The lowest BCUT2D eigenvalue weighted by atomic mass is 10.1. The van der Waals surface area contributed by atoms with E-state index in [1.54, 1.807) is 17.6 Å². The fourth-order valence-corrected chi connectivity index (χ4v) is 2.41. The molecule has 0 amide bonds. The number of hydrogen-bond acceptors (Lipinski definition) is 5. The average Bonchev–Trinajstić information content (AvgIpc) is 2.88. The molecular weight excluding hydrogens is 246 g/mol. The lowest BCUT2D eigenvalue weighted by molar-refractivity contribution is 0.108. The topological polar surface area (TPSA) is 42.2 Å². The summed E-state index contributed by atoms with van der Waals surface area (Å²) in [6, 6.07) is 3.93. The molecule has 0 unspecified atom stereocenters. The summed E-state index contributed by atoms with van der Waals surface area (Å²) in [6.45, 7) is 10.2.